The Labute approximate surface area is 148 Å². The van der Waals surface area contributed by atoms with Gasteiger partial charge in [0.2, 0.25) is 0 Å². The maximum atomic E-state index is 12.3. The summed E-state index contributed by atoms with van der Waals surface area (Å²) in [6, 6.07) is 14.1. The van der Waals surface area contributed by atoms with E-state index in [9.17, 15) is 9.59 Å². The van der Waals surface area contributed by atoms with E-state index in [4.69, 9.17) is 4.74 Å². The van der Waals surface area contributed by atoms with Crippen LogP contribution in [0.25, 0.3) is 0 Å². The summed E-state index contributed by atoms with van der Waals surface area (Å²) in [5, 5.41) is 5.53. The molecule has 0 aliphatic carbocycles. The molecule has 5 nitrogen and oxygen atoms in total. The van der Waals surface area contributed by atoms with E-state index in [2.05, 4.69) is 33.2 Å². The minimum Gasteiger partial charge on any atom is -0.383 e. The molecule has 0 fully saturated rings. The van der Waals surface area contributed by atoms with Gasteiger partial charge in [0.15, 0.2) is 0 Å². The molecular formula is C17H17IN2O3. The van der Waals surface area contributed by atoms with Gasteiger partial charge in [0.1, 0.15) is 0 Å². The average Bonchev–Trinajstić information content (AvgIpc) is 2.56. The predicted molar refractivity (Wildman–Crippen MR) is 97.8 cm³/mol. The first kappa shape index (κ1) is 17.4. The summed E-state index contributed by atoms with van der Waals surface area (Å²) >= 11 is 2.18. The third-order valence-corrected chi connectivity index (χ3v) is 3.84. The lowest BCUT2D eigenvalue weighted by molar-refractivity contribution is 0.0938. The quantitative estimate of drug-likeness (QED) is 0.554. The van der Waals surface area contributed by atoms with Crippen molar-refractivity contribution < 1.29 is 14.3 Å². The lowest BCUT2D eigenvalue weighted by Gasteiger charge is -2.11. The van der Waals surface area contributed by atoms with E-state index in [-0.39, 0.29) is 11.8 Å². The van der Waals surface area contributed by atoms with Crippen LogP contribution in [0.15, 0.2) is 48.5 Å². The molecule has 2 amide bonds. The summed E-state index contributed by atoms with van der Waals surface area (Å²) in [6.45, 7) is 0.845. The largest absolute Gasteiger partial charge is 0.383 e. The summed E-state index contributed by atoms with van der Waals surface area (Å²) in [4.78, 5) is 24.5. The molecule has 2 aromatic carbocycles. The van der Waals surface area contributed by atoms with E-state index in [0.717, 1.165) is 3.57 Å². The van der Waals surface area contributed by atoms with Crippen LogP contribution in [0.4, 0.5) is 5.69 Å². The number of rotatable bonds is 6. The van der Waals surface area contributed by atoms with Crippen molar-refractivity contribution in [2.24, 2.45) is 0 Å². The Hall–Kier alpha value is -1.93. The van der Waals surface area contributed by atoms with Crippen LogP contribution >= 0.6 is 22.6 Å². The molecular weight excluding hydrogens is 407 g/mol. The van der Waals surface area contributed by atoms with Crippen LogP contribution in [-0.4, -0.2) is 32.1 Å². The number of carbonyl (C=O) groups is 2. The van der Waals surface area contributed by atoms with Gasteiger partial charge in [-0.05, 0) is 59.0 Å². The van der Waals surface area contributed by atoms with Gasteiger partial charge in [-0.25, -0.2) is 0 Å². The molecule has 0 atom stereocenters. The summed E-state index contributed by atoms with van der Waals surface area (Å²) < 4.78 is 5.96. The molecule has 0 heterocycles. The van der Waals surface area contributed by atoms with Crippen LogP contribution in [0.2, 0.25) is 0 Å². The van der Waals surface area contributed by atoms with Gasteiger partial charge in [-0.15, -0.1) is 0 Å². The Morgan fingerprint density at radius 3 is 2.43 bits per heavy atom. The minimum atomic E-state index is -0.251. The number of nitrogens with one attached hydrogen (secondary N) is 2. The fourth-order valence-electron chi connectivity index (χ4n) is 1.95. The lowest BCUT2D eigenvalue weighted by atomic mass is 10.1. The molecule has 0 saturated heterocycles. The second kappa shape index (κ2) is 8.64. The number of carbonyl (C=O) groups excluding carboxylic acids is 2. The van der Waals surface area contributed by atoms with E-state index in [1.165, 1.54) is 0 Å². The van der Waals surface area contributed by atoms with Crippen LogP contribution in [0.5, 0.6) is 0 Å². The van der Waals surface area contributed by atoms with Crippen molar-refractivity contribution in [1.82, 2.24) is 5.32 Å². The third-order valence-electron chi connectivity index (χ3n) is 3.12. The van der Waals surface area contributed by atoms with Crippen molar-refractivity contribution in [2.75, 3.05) is 25.6 Å². The first-order valence-corrected chi connectivity index (χ1v) is 8.13. The highest BCUT2D eigenvalue weighted by Crippen LogP contribution is 2.16. The van der Waals surface area contributed by atoms with Crippen LogP contribution < -0.4 is 10.6 Å². The highest BCUT2D eigenvalue weighted by molar-refractivity contribution is 14.1. The van der Waals surface area contributed by atoms with Crippen molar-refractivity contribution in [3.8, 4) is 0 Å². The molecule has 2 rings (SSSR count). The van der Waals surface area contributed by atoms with Crippen LogP contribution in [0, 0.1) is 3.57 Å². The van der Waals surface area contributed by atoms with Crippen molar-refractivity contribution in [3.05, 3.63) is 63.2 Å². The van der Waals surface area contributed by atoms with E-state index in [1.807, 2.05) is 12.1 Å². The van der Waals surface area contributed by atoms with Crippen molar-refractivity contribution >= 4 is 40.1 Å². The summed E-state index contributed by atoms with van der Waals surface area (Å²) in [7, 11) is 1.57. The fraction of sp³-hybridized carbons (Fsp3) is 0.176. The number of hydrogen-bond donors (Lipinski definition) is 2. The highest BCUT2D eigenvalue weighted by atomic mass is 127. The number of halogens is 1. The van der Waals surface area contributed by atoms with Gasteiger partial charge < -0.3 is 15.4 Å². The maximum absolute atomic E-state index is 12.3. The van der Waals surface area contributed by atoms with E-state index >= 15 is 0 Å². The van der Waals surface area contributed by atoms with Gasteiger partial charge in [0.25, 0.3) is 11.8 Å². The van der Waals surface area contributed by atoms with E-state index in [0.29, 0.717) is 30.0 Å². The first-order chi connectivity index (χ1) is 11.1. The van der Waals surface area contributed by atoms with Crippen LogP contribution in [0.1, 0.15) is 20.7 Å². The van der Waals surface area contributed by atoms with E-state index < -0.39 is 0 Å². The summed E-state index contributed by atoms with van der Waals surface area (Å²) in [5.41, 5.74) is 1.44. The Balaban J connectivity index is 2.12. The normalized spacial score (nSPS) is 10.2. The number of amides is 2. The first-order valence-electron chi connectivity index (χ1n) is 7.05. The zero-order valence-electron chi connectivity index (χ0n) is 12.6. The maximum Gasteiger partial charge on any atom is 0.255 e. The Bertz CT molecular complexity index is 686. The summed E-state index contributed by atoms with van der Waals surface area (Å²) in [5.74, 6) is -0.501. The van der Waals surface area contributed by atoms with Gasteiger partial charge in [-0.3, -0.25) is 9.59 Å². The second-order valence-corrected chi connectivity index (χ2v) is 6.00. The number of anilines is 1. The van der Waals surface area contributed by atoms with Crippen molar-refractivity contribution in [1.29, 1.82) is 0 Å². The van der Waals surface area contributed by atoms with Gasteiger partial charge >= 0.3 is 0 Å². The van der Waals surface area contributed by atoms with Crippen LogP contribution in [0.3, 0.4) is 0 Å². The number of para-hydroxylation sites is 1. The molecule has 0 aliphatic heterocycles. The fourth-order valence-corrected chi connectivity index (χ4v) is 2.31. The molecule has 23 heavy (non-hydrogen) atoms. The Morgan fingerprint density at radius 2 is 1.74 bits per heavy atom. The van der Waals surface area contributed by atoms with Gasteiger partial charge in [0.05, 0.1) is 17.9 Å². The monoisotopic (exact) mass is 424 g/mol. The molecule has 2 aromatic rings. The highest BCUT2D eigenvalue weighted by Gasteiger charge is 2.13. The van der Waals surface area contributed by atoms with Gasteiger partial charge in [-0.1, -0.05) is 12.1 Å². The smallest absolute Gasteiger partial charge is 0.255 e. The molecule has 0 aliphatic rings. The molecule has 0 unspecified atom stereocenters. The number of benzene rings is 2. The molecule has 120 valence electrons. The molecule has 0 radical (unpaired) electrons. The Morgan fingerprint density at radius 1 is 1.04 bits per heavy atom. The minimum absolute atomic E-state index is 0.249. The number of hydrogen-bond acceptors (Lipinski definition) is 3. The predicted octanol–water partition coefficient (Wildman–Crippen LogP) is 2.92. The lowest BCUT2D eigenvalue weighted by Crippen LogP contribution is -2.28. The van der Waals surface area contributed by atoms with E-state index in [1.54, 1.807) is 43.5 Å². The SMILES string of the molecule is COCCNC(=O)c1ccccc1NC(=O)c1ccc(I)cc1. The number of ether oxygens (including phenoxy) is 1. The summed E-state index contributed by atoms with van der Waals surface area (Å²) in [6.07, 6.45) is 0. The topological polar surface area (TPSA) is 67.4 Å². The molecule has 0 bridgehead atoms. The molecule has 0 saturated carbocycles. The zero-order valence-corrected chi connectivity index (χ0v) is 14.8. The molecule has 0 aromatic heterocycles. The second-order valence-electron chi connectivity index (χ2n) is 4.76. The average molecular weight is 424 g/mol. The third kappa shape index (κ3) is 5.04. The van der Waals surface area contributed by atoms with Crippen LogP contribution in [-0.2, 0) is 4.74 Å². The number of methoxy groups -OCH3 is 1. The van der Waals surface area contributed by atoms with Crippen molar-refractivity contribution in [2.45, 2.75) is 0 Å². The molecule has 6 heteroatoms. The zero-order chi connectivity index (χ0) is 16.7. The Kier molecular flexibility index (Phi) is 6.54. The molecule has 0 spiro atoms. The molecule has 2 N–H and O–H groups in total. The standard InChI is InChI=1S/C17H17IN2O3/c1-23-11-10-19-17(22)14-4-2-3-5-15(14)20-16(21)12-6-8-13(18)9-7-12/h2-9H,10-11H2,1H3,(H,19,22)(H,20,21). The van der Waals surface area contributed by atoms with Crippen molar-refractivity contribution in [3.63, 3.8) is 0 Å². The van der Waals surface area contributed by atoms with Gasteiger partial charge in [0, 0.05) is 22.8 Å². The van der Waals surface area contributed by atoms with Gasteiger partial charge in [-0.2, -0.15) is 0 Å².